The van der Waals surface area contributed by atoms with Gasteiger partial charge in [0.1, 0.15) is 5.75 Å². The van der Waals surface area contributed by atoms with Crippen LogP contribution < -0.4 is 10.5 Å². The fraction of sp³-hybridized carbons (Fsp3) is 0.600. The molecule has 3 nitrogen and oxygen atoms in total. The number of hydrogen-bond donors (Lipinski definition) is 1. The molecule has 0 heterocycles. The van der Waals surface area contributed by atoms with E-state index in [0.717, 1.165) is 17.7 Å². The Balaban J connectivity index is 2.94. The Morgan fingerprint density at radius 2 is 1.94 bits per heavy atom. The van der Waals surface area contributed by atoms with E-state index in [9.17, 15) is 0 Å². The summed E-state index contributed by atoms with van der Waals surface area (Å²) in [5.74, 6) is 0.861. The van der Waals surface area contributed by atoms with Crippen LogP contribution in [-0.2, 0) is 4.74 Å². The standard InChI is InChI=1S/C15H25NO2/c1-5-15(4,18-7-3)14(16)12-9-8-10-13(11-12)17-6-2/h8-11,14H,5-7,16H2,1-4H3. The molecule has 0 spiro atoms. The van der Waals surface area contributed by atoms with Crippen molar-refractivity contribution in [3.05, 3.63) is 29.8 Å². The van der Waals surface area contributed by atoms with Crippen LogP contribution in [-0.4, -0.2) is 18.8 Å². The normalized spacial score (nSPS) is 16.1. The highest BCUT2D eigenvalue weighted by Crippen LogP contribution is 2.31. The van der Waals surface area contributed by atoms with Crippen LogP contribution in [0.25, 0.3) is 0 Å². The van der Waals surface area contributed by atoms with E-state index in [1.165, 1.54) is 0 Å². The van der Waals surface area contributed by atoms with Gasteiger partial charge in [-0.15, -0.1) is 0 Å². The first kappa shape index (κ1) is 15.0. The van der Waals surface area contributed by atoms with Crippen molar-refractivity contribution in [2.75, 3.05) is 13.2 Å². The van der Waals surface area contributed by atoms with Gasteiger partial charge in [-0.2, -0.15) is 0 Å². The fourth-order valence-corrected chi connectivity index (χ4v) is 2.06. The van der Waals surface area contributed by atoms with Gasteiger partial charge in [-0.25, -0.2) is 0 Å². The minimum Gasteiger partial charge on any atom is -0.494 e. The lowest BCUT2D eigenvalue weighted by Gasteiger charge is -2.34. The van der Waals surface area contributed by atoms with Gasteiger partial charge in [0, 0.05) is 6.61 Å². The average molecular weight is 251 g/mol. The number of nitrogens with two attached hydrogens (primary N) is 1. The topological polar surface area (TPSA) is 44.5 Å². The molecule has 0 amide bonds. The molecule has 0 aromatic heterocycles. The molecule has 0 aliphatic heterocycles. The lowest BCUT2D eigenvalue weighted by Crippen LogP contribution is -2.40. The smallest absolute Gasteiger partial charge is 0.119 e. The molecule has 1 aromatic rings. The van der Waals surface area contributed by atoms with Crippen molar-refractivity contribution in [2.45, 2.75) is 45.8 Å². The minimum atomic E-state index is -0.334. The maximum atomic E-state index is 6.35. The minimum absolute atomic E-state index is 0.150. The Hall–Kier alpha value is -1.06. The highest BCUT2D eigenvalue weighted by Gasteiger charge is 2.31. The van der Waals surface area contributed by atoms with Gasteiger partial charge in [0.25, 0.3) is 0 Å². The quantitative estimate of drug-likeness (QED) is 0.808. The van der Waals surface area contributed by atoms with E-state index >= 15 is 0 Å². The van der Waals surface area contributed by atoms with Gasteiger partial charge >= 0.3 is 0 Å². The molecule has 0 saturated carbocycles. The van der Waals surface area contributed by atoms with Crippen molar-refractivity contribution < 1.29 is 9.47 Å². The zero-order valence-electron chi connectivity index (χ0n) is 11.9. The van der Waals surface area contributed by atoms with E-state index in [1.54, 1.807) is 0 Å². The summed E-state index contributed by atoms with van der Waals surface area (Å²) in [5, 5.41) is 0. The summed E-state index contributed by atoms with van der Waals surface area (Å²) in [4.78, 5) is 0. The van der Waals surface area contributed by atoms with Crippen molar-refractivity contribution in [3.63, 3.8) is 0 Å². The Morgan fingerprint density at radius 3 is 2.50 bits per heavy atom. The molecule has 102 valence electrons. The van der Waals surface area contributed by atoms with Gasteiger partial charge in [0.05, 0.1) is 18.2 Å². The summed E-state index contributed by atoms with van der Waals surface area (Å²) in [6, 6.07) is 7.80. The second-order valence-corrected chi connectivity index (χ2v) is 4.58. The van der Waals surface area contributed by atoms with Gasteiger partial charge in [-0.3, -0.25) is 0 Å². The van der Waals surface area contributed by atoms with E-state index in [2.05, 4.69) is 13.8 Å². The predicted octanol–water partition coefficient (Wildman–Crippen LogP) is 3.29. The van der Waals surface area contributed by atoms with E-state index in [0.29, 0.717) is 13.2 Å². The summed E-state index contributed by atoms with van der Waals surface area (Å²) in [5.41, 5.74) is 7.08. The van der Waals surface area contributed by atoms with Gasteiger partial charge < -0.3 is 15.2 Å². The molecule has 0 bridgehead atoms. The van der Waals surface area contributed by atoms with Gasteiger partial charge in [0.15, 0.2) is 0 Å². The van der Waals surface area contributed by atoms with Gasteiger partial charge in [-0.1, -0.05) is 19.1 Å². The lowest BCUT2D eigenvalue weighted by molar-refractivity contribution is -0.0472. The zero-order valence-corrected chi connectivity index (χ0v) is 11.9. The average Bonchev–Trinajstić information content (AvgIpc) is 2.39. The van der Waals surface area contributed by atoms with E-state index in [1.807, 2.05) is 38.1 Å². The highest BCUT2D eigenvalue weighted by molar-refractivity contribution is 5.31. The second kappa shape index (κ2) is 6.76. The molecule has 2 N–H and O–H groups in total. The molecular weight excluding hydrogens is 226 g/mol. The van der Waals surface area contributed by atoms with Crippen LogP contribution in [0.15, 0.2) is 24.3 Å². The maximum Gasteiger partial charge on any atom is 0.119 e. The van der Waals surface area contributed by atoms with Crippen molar-refractivity contribution in [1.82, 2.24) is 0 Å². The number of rotatable bonds is 7. The summed E-state index contributed by atoms with van der Waals surface area (Å²) in [6.45, 7) is 9.47. The first-order chi connectivity index (χ1) is 8.57. The molecule has 3 heteroatoms. The molecule has 0 radical (unpaired) electrons. The highest BCUT2D eigenvalue weighted by atomic mass is 16.5. The van der Waals surface area contributed by atoms with Crippen LogP contribution in [0.4, 0.5) is 0 Å². The molecule has 1 aromatic carbocycles. The second-order valence-electron chi connectivity index (χ2n) is 4.58. The van der Waals surface area contributed by atoms with Crippen LogP contribution in [0.3, 0.4) is 0 Å². The van der Waals surface area contributed by atoms with Crippen molar-refractivity contribution in [3.8, 4) is 5.75 Å². The van der Waals surface area contributed by atoms with Crippen LogP contribution >= 0.6 is 0 Å². The Morgan fingerprint density at radius 1 is 1.22 bits per heavy atom. The summed E-state index contributed by atoms with van der Waals surface area (Å²) < 4.78 is 11.3. The fourth-order valence-electron chi connectivity index (χ4n) is 2.06. The molecule has 2 atom stereocenters. The molecule has 2 unspecified atom stereocenters. The summed E-state index contributed by atoms with van der Waals surface area (Å²) in [7, 11) is 0. The summed E-state index contributed by atoms with van der Waals surface area (Å²) >= 11 is 0. The third-order valence-electron chi connectivity index (χ3n) is 3.36. The van der Waals surface area contributed by atoms with E-state index in [4.69, 9.17) is 15.2 Å². The van der Waals surface area contributed by atoms with Crippen molar-refractivity contribution >= 4 is 0 Å². The molecule has 0 saturated heterocycles. The SMILES string of the molecule is CCOc1cccc(C(N)C(C)(CC)OCC)c1. The molecule has 0 aliphatic rings. The molecule has 18 heavy (non-hydrogen) atoms. The lowest BCUT2D eigenvalue weighted by atomic mass is 9.88. The third kappa shape index (κ3) is 3.47. The van der Waals surface area contributed by atoms with E-state index < -0.39 is 0 Å². The monoisotopic (exact) mass is 251 g/mol. The van der Waals surface area contributed by atoms with Gasteiger partial charge in [-0.05, 0) is 44.9 Å². The largest absolute Gasteiger partial charge is 0.494 e. The third-order valence-corrected chi connectivity index (χ3v) is 3.36. The Kier molecular flexibility index (Phi) is 5.63. The van der Waals surface area contributed by atoms with Gasteiger partial charge in [0.2, 0.25) is 0 Å². The zero-order chi connectivity index (χ0) is 13.6. The predicted molar refractivity (Wildman–Crippen MR) is 74.9 cm³/mol. The molecule has 1 rings (SSSR count). The molecule has 0 aliphatic carbocycles. The van der Waals surface area contributed by atoms with Crippen LogP contribution in [0.2, 0.25) is 0 Å². The van der Waals surface area contributed by atoms with Crippen LogP contribution in [0, 0.1) is 0 Å². The van der Waals surface area contributed by atoms with Crippen molar-refractivity contribution in [2.24, 2.45) is 5.73 Å². The Labute approximate surface area is 110 Å². The number of benzene rings is 1. The van der Waals surface area contributed by atoms with Crippen LogP contribution in [0.1, 0.15) is 45.7 Å². The molecule has 0 fully saturated rings. The first-order valence-corrected chi connectivity index (χ1v) is 6.69. The van der Waals surface area contributed by atoms with Crippen LogP contribution in [0.5, 0.6) is 5.75 Å². The number of hydrogen-bond acceptors (Lipinski definition) is 3. The van der Waals surface area contributed by atoms with E-state index in [-0.39, 0.29) is 11.6 Å². The first-order valence-electron chi connectivity index (χ1n) is 6.69. The molecular formula is C15H25NO2. The number of ether oxygens (including phenoxy) is 2. The maximum absolute atomic E-state index is 6.35. The Bertz CT molecular complexity index is 367. The van der Waals surface area contributed by atoms with Crippen molar-refractivity contribution in [1.29, 1.82) is 0 Å². The summed E-state index contributed by atoms with van der Waals surface area (Å²) in [6.07, 6.45) is 0.876.